The Balaban J connectivity index is 4.33. The summed E-state index contributed by atoms with van der Waals surface area (Å²) in [6.07, 6.45) is 2.15. The van der Waals surface area contributed by atoms with Gasteiger partial charge in [-0.15, -0.1) is 0 Å². The fourth-order valence-corrected chi connectivity index (χ4v) is 1.97. The van der Waals surface area contributed by atoms with Crippen LogP contribution in [0.1, 0.15) is 47.5 Å². The third-order valence-corrected chi connectivity index (χ3v) is 2.93. The van der Waals surface area contributed by atoms with Crippen LogP contribution < -0.4 is 5.32 Å². The van der Waals surface area contributed by atoms with Gasteiger partial charge in [-0.05, 0) is 33.2 Å². The summed E-state index contributed by atoms with van der Waals surface area (Å²) < 4.78 is 5.88. The van der Waals surface area contributed by atoms with Crippen molar-refractivity contribution in [1.29, 1.82) is 0 Å². The number of likely N-dealkylation sites (N-methyl/N-ethyl adjacent to an activating group) is 1. The zero-order valence-electron chi connectivity index (χ0n) is 9.81. The zero-order chi connectivity index (χ0) is 10.3. The van der Waals surface area contributed by atoms with E-state index in [-0.39, 0.29) is 5.60 Å². The van der Waals surface area contributed by atoms with Crippen LogP contribution >= 0.6 is 0 Å². The van der Waals surface area contributed by atoms with E-state index < -0.39 is 0 Å². The van der Waals surface area contributed by atoms with E-state index in [1.165, 1.54) is 0 Å². The number of hydrogen-bond acceptors (Lipinski definition) is 2. The lowest BCUT2D eigenvalue weighted by Gasteiger charge is -2.37. The molecule has 0 aromatic carbocycles. The third kappa shape index (κ3) is 3.28. The Morgan fingerprint density at radius 3 is 2.00 bits per heavy atom. The fourth-order valence-electron chi connectivity index (χ4n) is 1.97. The minimum Gasteiger partial charge on any atom is -0.374 e. The first-order chi connectivity index (χ1) is 6.16. The summed E-state index contributed by atoms with van der Waals surface area (Å²) >= 11 is 0. The molecular formula is C11H25NO. The Bertz CT molecular complexity index is 121. The first-order valence-corrected chi connectivity index (χ1v) is 5.54. The molecule has 0 fully saturated rings. The van der Waals surface area contributed by atoms with Gasteiger partial charge < -0.3 is 10.1 Å². The number of rotatable bonds is 7. The van der Waals surface area contributed by atoms with Crippen LogP contribution in [0.15, 0.2) is 0 Å². The van der Waals surface area contributed by atoms with Crippen LogP contribution in [-0.4, -0.2) is 24.8 Å². The van der Waals surface area contributed by atoms with Gasteiger partial charge in [0.1, 0.15) is 0 Å². The van der Waals surface area contributed by atoms with Gasteiger partial charge in [-0.25, -0.2) is 0 Å². The molecule has 0 aromatic rings. The van der Waals surface area contributed by atoms with Crippen molar-refractivity contribution in [2.75, 3.05) is 13.2 Å². The Kier molecular flexibility index (Phi) is 6.35. The maximum atomic E-state index is 5.88. The van der Waals surface area contributed by atoms with Crippen LogP contribution in [-0.2, 0) is 4.74 Å². The highest BCUT2D eigenvalue weighted by Gasteiger charge is 2.32. The van der Waals surface area contributed by atoms with E-state index in [2.05, 4.69) is 39.9 Å². The molecule has 0 aliphatic heterocycles. The molecule has 0 aliphatic carbocycles. The lowest BCUT2D eigenvalue weighted by atomic mass is 9.89. The van der Waals surface area contributed by atoms with Crippen LogP contribution in [0.4, 0.5) is 0 Å². The fraction of sp³-hybridized carbons (Fsp3) is 1.00. The van der Waals surface area contributed by atoms with E-state index in [0.717, 1.165) is 26.0 Å². The van der Waals surface area contributed by atoms with E-state index in [9.17, 15) is 0 Å². The van der Waals surface area contributed by atoms with Crippen molar-refractivity contribution >= 4 is 0 Å². The lowest BCUT2D eigenvalue weighted by molar-refractivity contribution is -0.0674. The van der Waals surface area contributed by atoms with Crippen molar-refractivity contribution in [1.82, 2.24) is 5.32 Å². The molecule has 1 N–H and O–H groups in total. The molecule has 2 heteroatoms. The van der Waals surface area contributed by atoms with Gasteiger partial charge in [-0.2, -0.15) is 0 Å². The molecule has 0 spiro atoms. The molecule has 0 rings (SSSR count). The zero-order valence-corrected chi connectivity index (χ0v) is 9.81. The first-order valence-electron chi connectivity index (χ1n) is 5.54. The summed E-state index contributed by atoms with van der Waals surface area (Å²) in [4.78, 5) is 0. The highest BCUT2D eigenvalue weighted by molar-refractivity contribution is 4.88. The molecule has 0 aromatic heterocycles. The van der Waals surface area contributed by atoms with Crippen LogP contribution in [0, 0.1) is 0 Å². The largest absolute Gasteiger partial charge is 0.374 e. The van der Waals surface area contributed by atoms with Gasteiger partial charge in [0.15, 0.2) is 0 Å². The number of nitrogens with one attached hydrogen (secondary N) is 1. The molecule has 80 valence electrons. The Morgan fingerprint density at radius 1 is 1.15 bits per heavy atom. The Labute approximate surface area is 83.1 Å². The van der Waals surface area contributed by atoms with Crippen molar-refractivity contribution in [3.05, 3.63) is 0 Å². The minimum absolute atomic E-state index is 0.0325. The van der Waals surface area contributed by atoms with Gasteiger partial charge in [0, 0.05) is 12.6 Å². The van der Waals surface area contributed by atoms with Crippen molar-refractivity contribution in [2.24, 2.45) is 0 Å². The maximum absolute atomic E-state index is 5.88. The van der Waals surface area contributed by atoms with Crippen molar-refractivity contribution in [2.45, 2.75) is 59.1 Å². The normalized spacial score (nSPS) is 14.5. The second-order valence-corrected chi connectivity index (χ2v) is 3.48. The molecule has 0 saturated heterocycles. The van der Waals surface area contributed by atoms with Gasteiger partial charge in [0.25, 0.3) is 0 Å². The molecule has 1 unspecified atom stereocenters. The van der Waals surface area contributed by atoms with Gasteiger partial charge in [-0.3, -0.25) is 0 Å². The summed E-state index contributed by atoms with van der Waals surface area (Å²) in [6.45, 7) is 12.6. The van der Waals surface area contributed by atoms with Crippen LogP contribution in [0.5, 0.6) is 0 Å². The topological polar surface area (TPSA) is 21.3 Å². The van der Waals surface area contributed by atoms with E-state index in [4.69, 9.17) is 4.74 Å². The van der Waals surface area contributed by atoms with Gasteiger partial charge in [0.05, 0.1) is 5.60 Å². The van der Waals surface area contributed by atoms with E-state index in [1.807, 2.05) is 0 Å². The Hall–Kier alpha value is -0.0800. The van der Waals surface area contributed by atoms with Crippen molar-refractivity contribution in [3.63, 3.8) is 0 Å². The second kappa shape index (κ2) is 6.39. The standard InChI is InChI=1S/C11H25NO/c1-6-11(7-2,13-9-4)10(5)12-8-3/h10,12H,6-9H2,1-5H3. The van der Waals surface area contributed by atoms with Gasteiger partial charge >= 0.3 is 0 Å². The maximum Gasteiger partial charge on any atom is 0.0826 e. The predicted octanol–water partition coefficient (Wildman–Crippen LogP) is 2.58. The molecule has 0 amide bonds. The third-order valence-electron chi connectivity index (χ3n) is 2.93. The summed E-state index contributed by atoms with van der Waals surface area (Å²) in [5, 5.41) is 3.45. The van der Waals surface area contributed by atoms with Crippen molar-refractivity contribution in [3.8, 4) is 0 Å². The van der Waals surface area contributed by atoms with Crippen molar-refractivity contribution < 1.29 is 4.74 Å². The molecule has 13 heavy (non-hydrogen) atoms. The summed E-state index contributed by atoms with van der Waals surface area (Å²) in [6, 6.07) is 0.437. The first kappa shape index (κ1) is 12.9. The summed E-state index contributed by atoms with van der Waals surface area (Å²) in [5.41, 5.74) is 0.0325. The predicted molar refractivity (Wildman–Crippen MR) is 58.1 cm³/mol. The van der Waals surface area contributed by atoms with E-state index >= 15 is 0 Å². The molecule has 1 atom stereocenters. The monoisotopic (exact) mass is 187 g/mol. The van der Waals surface area contributed by atoms with Crippen LogP contribution in [0.2, 0.25) is 0 Å². The number of ether oxygens (including phenoxy) is 1. The second-order valence-electron chi connectivity index (χ2n) is 3.48. The molecule has 0 heterocycles. The van der Waals surface area contributed by atoms with Gasteiger partial charge in [0.2, 0.25) is 0 Å². The number of hydrogen-bond donors (Lipinski definition) is 1. The Morgan fingerprint density at radius 2 is 1.69 bits per heavy atom. The minimum atomic E-state index is 0.0325. The quantitative estimate of drug-likeness (QED) is 0.661. The molecule has 2 nitrogen and oxygen atoms in total. The molecule has 0 bridgehead atoms. The average molecular weight is 187 g/mol. The highest BCUT2D eigenvalue weighted by Crippen LogP contribution is 2.24. The average Bonchev–Trinajstić information content (AvgIpc) is 2.14. The smallest absolute Gasteiger partial charge is 0.0826 e. The molecule has 0 saturated carbocycles. The summed E-state index contributed by atoms with van der Waals surface area (Å²) in [5.74, 6) is 0. The molecular weight excluding hydrogens is 162 g/mol. The highest BCUT2D eigenvalue weighted by atomic mass is 16.5. The molecule has 0 aliphatic rings. The SMILES string of the molecule is CCNC(C)C(CC)(CC)OCC. The van der Waals surface area contributed by atoms with E-state index in [1.54, 1.807) is 0 Å². The van der Waals surface area contributed by atoms with Gasteiger partial charge in [-0.1, -0.05) is 20.8 Å². The van der Waals surface area contributed by atoms with E-state index in [0.29, 0.717) is 6.04 Å². The van der Waals surface area contributed by atoms with Crippen LogP contribution in [0.25, 0.3) is 0 Å². The molecule has 0 radical (unpaired) electrons. The summed E-state index contributed by atoms with van der Waals surface area (Å²) in [7, 11) is 0. The lowest BCUT2D eigenvalue weighted by Crippen LogP contribution is -2.50. The van der Waals surface area contributed by atoms with Crippen LogP contribution in [0.3, 0.4) is 0 Å².